The van der Waals surface area contributed by atoms with Crippen LogP contribution in [0.1, 0.15) is 27.2 Å². The smallest absolute Gasteiger partial charge is 0.121 e. The van der Waals surface area contributed by atoms with Gasteiger partial charge in [0.15, 0.2) is 0 Å². The highest BCUT2D eigenvalue weighted by Crippen LogP contribution is 2.28. The van der Waals surface area contributed by atoms with Crippen molar-refractivity contribution in [3.63, 3.8) is 0 Å². The summed E-state index contributed by atoms with van der Waals surface area (Å²) in [5.41, 5.74) is 7.96. The van der Waals surface area contributed by atoms with Gasteiger partial charge in [0.2, 0.25) is 0 Å². The van der Waals surface area contributed by atoms with Crippen LogP contribution in [0.5, 0.6) is 5.75 Å². The molecule has 3 heteroatoms. The number of hydrogen-bond donors (Lipinski definition) is 1. The Bertz CT molecular complexity index is 352. The highest BCUT2D eigenvalue weighted by atomic mass is 16.5. The molecule has 0 aliphatic rings. The lowest BCUT2D eigenvalue weighted by Crippen LogP contribution is -2.28. The van der Waals surface area contributed by atoms with Gasteiger partial charge in [0.25, 0.3) is 0 Å². The lowest BCUT2D eigenvalue weighted by Gasteiger charge is -2.27. The first-order valence-electron chi connectivity index (χ1n) is 6.30. The molecule has 0 fully saturated rings. The molecule has 0 bridgehead atoms. The summed E-state index contributed by atoms with van der Waals surface area (Å²) in [7, 11) is 1.66. The van der Waals surface area contributed by atoms with Gasteiger partial charge in [0.05, 0.1) is 18.5 Å². The van der Waals surface area contributed by atoms with Crippen LogP contribution in [0, 0.1) is 5.92 Å². The van der Waals surface area contributed by atoms with E-state index in [-0.39, 0.29) is 0 Å². The molecule has 0 aromatic heterocycles. The molecule has 96 valence electrons. The first kappa shape index (κ1) is 13.7. The van der Waals surface area contributed by atoms with E-state index in [0.29, 0.717) is 5.92 Å². The fraction of sp³-hybridized carbons (Fsp3) is 0.571. The summed E-state index contributed by atoms with van der Waals surface area (Å²) in [6, 6.07) is 5.89. The minimum Gasteiger partial charge on any atom is -0.497 e. The molecular weight excluding hydrogens is 212 g/mol. The molecule has 2 N–H and O–H groups in total. The molecule has 1 rings (SSSR count). The van der Waals surface area contributed by atoms with Crippen LogP contribution in [0.15, 0.2) is 18.2 Å². The maximum absolute atomic E-state index is 6.07. The molecule has 1 aromatic rings. The van der Waals surface area contributed by atoms with Crippen LogP contribution < -0.4 is 15.4 Å². The van der Waals surface area contributed by atoms with Gasteiger partial charge in [-0.2, -0.15) is 0 Å². The largest absolute Gasteiger partial charge is 0.497 e. The number of benzene rings is 1. The number of anilines is 2. The predicted molar refractivity (Wildman–Crippen MR) is 74.7 cm³/mol. The van der Waals surface area contributed by atoms with Crippen LogP contribution in [0.25, 0.3) is 0 Å². The first-order chi connectivity index (χ1) is 8.12. The summed E-state index contributed by atoms with van der Waals surface area (Å²) in [5.74, 6) is 1.49. The summed E-state index contributed by atoms with van der Waals surface area (Å²) in [5, 5.41) is 0. The van der Waals surface area contributed by atoms with Crippen LogP contribution in [-0.4, -0.2) is 20.2 Å². The molecule has 0 spiro atoms. The van der Waals surface area contributed by atoms with Gasteiger partial charge < -0.3 is 15.4 Å². The van der Waals surface area contributed by atoms with Gasteiger partial charge in [0.1, 0.15) is 5.75 Å². The third-order valence-corrected chi connectivity index (χ3v) is 3.19. The van der Waals surface area contributed by atoms with Crippen molar-refractivity contribution in [3.05, 3.63) is 18.2 Å². The Morgan fingerprint density at radius 3 is 2.53 bits per heavy atom. The normalized spacial score (nSPS) is 12.2. The van der Waals surface area contributed by atoms with Crippen molar-refractivity contribution in [2.45, 2.75) is 27.2 Å². The predicted octanol–water partition coefficient (Wildman–Crippen LogP) is 3.15. The molecule has 0 aliphatic carbocycles. The van der Waals surface area contributed by atoms with Crippen molar-refractivity contribution >= 4 is 11.4 Å². The Hall–Kier alpha value is -1.38. The third-order valence-electron chi connectivity index (χ3n) is 3.19. The number of nitrogens with zero attached hydrogens (tertiary/aromatic N) is 1. The molecule has 1 aromatic carbocycles. The first-order valence-corrected chi connectivity index (χ1v) is 6.30. The van der Waals surface area contributed by atoms with Crippen molar-refractivity contribution in [2.75, 3.05) is 30.8 Å². The molecule has 1 atom stereocenters. The van der Waals surface area contributed by atoms with Crippen LogP contribution in [0.4, 0.5) is 11.4 Å². The zero-order chi connectivity index (χ0) is 12.8. The van der Waals surface area contributed by atoms with E-state index >= 15 is 0 Å². The molecule has 1 unspecified atom stereocenters. The van der Waals surface area contributed by atoms with E-state index < -0.39 is 0 Å². The van der Waals surface area contributed by atoms with E-state index in [0.717, 1.165) is 30.2 Å². The second-order valence-electron chi connectivity index (χ2n) is 4.48. The minimum absolute atomic E-state index is 0.677. The van der Waals surface area contributed by atoms with Crippen molar-refractivity contribution in [1.29, 1.82) is 0 Å². The number of methoxy groups -OCH3 is 1. The molecular formula is C14H24N2O. The maximum Gasteiger partial charge on any atom is 0.121 e. The molecule has 0 radical (unpaired) electrons. The minimum atomic E-state index is 0.677. The van der Waals surface area contributed by atoms with E-state index in [1.807, 2.05) is 18.2 Å². The van der Waals surface area contributed by atoms with E-state index in [9.17, 15) is 0 Å². The average Bonchev–Trinajstić information content (AvgIpc) is 2.35. The highest BCUT2D eigenvalue weighted by Gasteiger charge is 2.11. The van der Waals surface area contributed by atoms with Crippen LogP contribution in [0.3, 0.4) is 0 Å². The topological polar surface area (TPSA) is 38.5 Å². The lowest BCUT2D eigenvalue weighted by molar-refractivity contribution is 0.415. The Balaban J connectivity index is 2.88. The van der Waals surface area contributed by atoms with Gasteiger partial charge in [-0.15, -0.1) is 0 Å². The Morgan fingerprint density at radius 2 is 2.06 bits per heavy atom. The highest BCUT2D eigenvalue weighted by molar-refractivity contribution is 5.69. The standard InChI is InChI=1S/C14H24N2O/c1-5-11(3)10-16(6-2)14-8-7-12(17-4)9-13(14)15/h7-9,11H,5-6,10,15H2,1-4H3. The fourth-order valence-corrected chi connectivity index (χ4v) is 1.85. The number of nitrogens with two attached hydrogens (primary N) is 1. The number of hydrogen-bond acceptors (Lipinski definition) is 3. The third kappa shape index (κ3) is 3.55. The van der Waals surface area contributed by atoms with Gasteiger partial charge in [0, 0.05) is 19.2 Å². The molecule has 0 amide bonds. The SMILES string of the molecule is CCC(C)CN(CC)c1ccc(OC)cc1N. The van der Waals surface area contributed by atoms with Gasteiger partial charge >= 0.3 is 0 Å². The summed E-state index contributed by atoms with van der Waals surface area (Å²) < 4.78 is 5.17. The van der Waals surface area contributed by atoms with Gasteiger partial charge in [-0.25, -0.2) is 0 Å². The Labute approximate surface area is 105 Å². The molecule has 0 aliphatic heterocycles. The number of ether oxygens (including phenoxy) is 1. The summed E-state index contributed by atoms with van der Waals surface area (Å²) in [6.45, 7) is 8.66. The average molecular weight is 236 g/mol. The zero-order valence-corrected chi connectivity index (χ0v) is 11.4. The van der Waals surface area contributed by atoms with E-state index in [1.165, 1.54) is 6.42 Å². The Morgan fingerprint density at radius 1 is 1.35 bits per heavy atom. The van der Waals surface area contributed by atoms with Crippen molar-refractivity contribution in [2.24, 2.45) is 5.92 Å². The van der Waals surface area contributed by atoms with E-state index in [1.54, 1.807) is 7.11 Å². The number of rotatable bonds is 6. The maximum atomic E-state index is 6.07. The summed E-state index contributed by atoms with van der Waals surface area (Å²) >= 11 is 0. The lowest BCUT2D eigenvalue weighted by atomic mass is 10.1. The fourth-order valence-electron chi connectivity index (χ4n) is 1.85. The van der Waals surface area contributed by atoms with Gasteiger partial charge in [-0.05, 0) is 25.0 Å². The summed E-state index contributed by atoms with van der Waals surface area (Å²) in [4.78, 5) is 2.32. The van der Waals surface area contributed by atoms with Gasteiger partial charge in [-0.1, -0.05) is 20.3 Å². The van der Waals surface area contributed by atoms with Gasteiger partial charge in [-0.3, -0.25) is 0 Å². The van der Waals surface area contributed by atoms with Crippen molar-refractivity contribution < 1.29 is 4.74 Å². The second-order valence-corrected chi connectivity index (χ2v) is 4.48. The van der Waals surface area contributed by atoms with Crippen molar-refractivity contribution in [3.8, 4) is 5.75 Å². The van der Waals surface area contributed by atoms with E-state index in [4.69, 9.17) is 10.5 Å². The monoisotopic (exact) mass is 236 g/mol. The number of nitrogen functional groups attached to an aromatic ring is 1. The Kier molecular flexibility index (Phi) is 5.13. The van der Waals surface area contributed by atoms with Crippen LogP contribution >= 0.6 is 0 Å². The molecule has 0 saturated heterocycles. The quantitative estimate of drug-likeness (QED) is 0.771. The summed E-state index contributed by atoms with van der Waals surface area (Å²) in [6.07, 6.45) is 1.19. The molecule has 17 heavy (non-hydrogen) atoms. The molecule has 3 nitrogen and oxygen atoms in total. The van der Waals surface area contributed by atoms with Crippen LogP contribution in [0.2, 0.25) is 0 Å². The van der Waals surface area contributed by atoms with E-state index in [2.05, 4.69) is 25.7 Å². The van der Waals surface area contributed by atoms with Crippen LogP contribution in [-0.2, 0) is 0 Å². The van der Waals surface area contributed by atoms with Crippen molar-refractivity contribution in [1.82, 2.24) is 0 Å². The second kappa shape index (κ2) is 6.38. The molecule has 0 saturated carbocycles. The molecule has 0 heterocycles. The zero-order valence-electron chi connectivity index (χ0n) is 11.4.